The Bertz CT molecular complexity index is 812. The second-order valence-electron chi connectivity index (χ2n) is 9.14. The summed E-state index contributed by atoms with van der Waals surface area (Å²) in [7, 11) is 0. The summed E-state index contributed by atoms with van der Waals surface area (Å²) in [5.41, 5.74) is 1.87. The number of carbonyl (C=O) groups is 2. The zero-order chi connectivity index (χ0) is 21.1. The van der Waals surface area contributed by atoms with Crippen LogP contribution in [0.5, 0.6) is 0 Å². The molecule has 0 aliphatic heterocycles. The van der Waals surface area contributed by atoms with E-state index in [4.69, 9.17) is 12.2 Å². The average Bonchev–Trinajstić information content (AvgIpc) is 3.65. The fraction of sp³-hybridized carbons (Fsp3) is 0.696. The van der Waals surface area contributed by atoms with E-state index < -0.39 is 0 Å². The van der Waals surface area contributed by atoms with E-state index in [0.717, 1.165) is 85.6 Å². The predicted molar refractivity (Wildman–Crippen MR) is 126 cm³/mol. The molecule has 164 valence electrons. The van der Waals surface area contributed by atoms with Crippen molar-refractivity contribution in [2.75, 3.05) is 18.4 Å². The van der Waals surface area contributed by atoms with Crippen LogP contribution in [0.1, 0.15) is 79.1 Å². The SMILES string of the molecule is CCCCC(=S)NCC1CCc2sc(NC(=O)C3CC3)c(C(=O)NCC3CC3)c2C1. The standard InChI is InChI=1S/C23H33N3O2S2/c1-2-3-4-19(29)24-13-15-7-10-18-17(11-15)20(22(28)25-12-14-5-6-14)23(30-18)26-21(27)16-8-9-16/h14-16H,2-13H2,1H3,(H,24,29)(H,25,28)(H,26,27). The first-order chi connectivity index (χ1) is 14.5. The van der Waals surface area contributed by atoms with Crippen LogP contribution in [0.25, 0.3) is 0 Å². The van der Waals surface area contributed by atoms with Crippen LogP contribution >= 0.6 is 23.6 Å². The van der Waals surface area contributed by atoms with Gasteiger partial charge in [-0.15, -0.1) is 11.3 Å². The molecule has 0 bridgehead atoms. The van der Waals surface area contributed by atoms with Gasteiger partial charge in [0, 0.05) is 23.9 Å². The maximum atomic E-state index is 13.1. The molecule has 2 amide bonds. The molecule has 1 atom stereocenters. The van der Waals surface area contributed by atoms with Crippen LogP contribution in [0, 0.1) is 17.8 Å². The van der Waals surface area contributed by atoms with E-state index in [9.17, 15) is 9.59 Å². The minimum Gasteiger partial charge on any atom is -0.379 e. The number of hydrogen-bond donors (Lipinski definition) is 3. The van der Waals surface area contributed by atoms with Gasteiger partial charge in [-0.3, -0.25) is 9.59 Å². The number of nitrogens with one attached hydrogen (secondary N) is 3. The Morgan fingerprint density at radius 3 is 2.53 bits per heavy atom. The highest BCUT2D eigenvalue weighted by molar-refractivity contribution is 7.80. The first-order valence-electron chi connectivity index (χ1n) is 11.6. The lowest BCUT2D eigenvalue weighted by Gasteiger charge is -2.24. The van der Waals surface area contributed by atoms with Crippen LogP contribution in [0.2, 0.25) is 0 Å². The van der Waals surface area contributed by atoms with Crippen molar-refractivity contribution < 1.29 is 9.59 Å². The summed E-state index contributed by atoms with van der Waals surface area (Å²) in [6.45, 7) is 3.79. The molecule has 3 aliphatic carbocycles. The monoisotopic (exact) mass is 447 g/mol. The molecule has 2 fully saturated rings. The van der Waals surface area contributed by atoms with Crippen LogP contribution in [-0.2, 0) is 17.6 Å². The van der Waals surface area contributed by atoms with Crippen molar-refractivity contribution in [3.63, 3.8) is 0 Å². The Labute approximate surface area is 188 Å². The molecule has 1 heterocycles. The van der Waals surface area contributed by atoms with Gasteiger partial charge in [0.25, 0.3) is 5.91 Å². The zero-order valence-corrected chi connectivity index (χ0v) is 19.5. The van der Waals surface area contributed by atoms with Crippen LogP contribution in [-0.4, -0.2) is 29.9 Å². The van der Waals surface area contributed by atoms with Crippen LogP contribution in [0.4, 0.5) is 5.00 Å². The summed E-state index contributed by atoms with van der Waals surface area (Å²) in [4.78, 5) is 27.7. The molecule has 30 heavy (non-hydrogen) atoms. The highest BCUT2D eigenvalue weighted by Crippen LogP contribution is 2.41. The van der Waals surface area contributed by atoms with Crippen LogP contribution in [0.3, 0.4) is 0 Å². The molecule has 0 spiro atoms. The third-order valence-corrected chi connectivity index (χ3v) is 7.92. The zero-order valence-electron chi connectivity index (χ0n) is 17.9. The van der Waals surface area contributed by atoms with Gasteiger partial charge in [0.15, 0.2) is 0 Å². The van der Waals surface area contributed by atoms with Gasteiger partial charge in [0.05, 0.1) is 10.6 Å². The Kier molecular flexibility index (Phi) is 7.08. The first-order valence-corrected chi connectivity index (χ1v) is 12.8. The molecule has 1 aromatic heterocycles. The molecule has 0 aromatic carbocycles. The maximum Gasteiger partial charge on any atom is 0.254 e. The van der Waals surface area contributed by atoms with Gasteiger partial charge in [0.1, 0.15) is 5.00 Å². The number of thiophene rings is 1. The van der Waals surface area contributed by atoms with E-state index in [1.165, 1.54) is 17.7 Å². The number of unbranched alkanes of at least 4 members (excludes halogenated alkanes) is 1. The summed E-state index contributed by atoms with van der Waals surface area (Å²) in [6.07, 6.45) is 10.5. The highest BCUT2D eigenvalue weighted by Gasteiger charge is 2.34. The molecular weight excluding hydrogens is 414 g/mol. The molecule has 1 aromatic rings. The molecule has 3 aliphatic rings. The molecular formula is C23H33N3O2S2. The normalized spacial score (nSPS) is 20.4. The number of hydrogen-bond acceptors (Lipinski definition) is 4. The number of amides is 2. The molecule has 0 saturated heterocycles. The maximum absolute atomic E-state index is 13.1. The van der Waals surface area contributed by atoms with Crippen molar-refractivity contribution in [3.05, 3.63) is 16.0 Å². The Hall–Kier alpha value is -1.47. The van der Waals surface area contributed by atoms with Gasteiger partial charge >= 0.3 is 0 Å². The van der Waals surface area contributed by atoms with E-state index in [0.29, 0.717) is 11.8 Å². The Morgan fingerprint density at radius 2 is 1.83 bits per heavy atom. The van der Waals surface area contributed by atoms with Crippen LogP contribution in [0.15, 0.2) is 0 Å². The number of thiocarbonyl (C=S) groups is 1. The van der Waals surface area contributed by atoms with Gasteiger partial charge in [-0.2, -0.15) is 0 Å². The largest absolute Gasteiger partial charge is 0.379 e. The second-order valence-corrected chi connectivity index (χ2v) is 10.7. The second kappa shape index (κ2) is 9.77. The molecule has 0 radical (unpaired) electrons. The number of aryl methyl sites for hydroxylation is 1. The van der Waals surface area contributed by atoms with E-state index in [-0.39, 0.29) is 17.7 Å². The highest BCUT2D eigenvalue weighted by atomic mass is 32.1. The molecule has 5 nitrogen and oxygen atoms in total. The molecule has 3 N–H and O–H groups in total. The van der Waals surface area contributed by atoms with Crippen molar-refractivity contribution in [2.24, 2.45) is 17.8 Å². The third kappa shape index (κ3) is 5.61. The molecule has 2 saturated carbocycles. The third-order valence-electron chi connectivity index (χ3n) is 6.37. The summed E-state index contributed by atoms with van der Waals surface area (Å²) >= 11 is 7.07. The van der Waals surface area contributed by atoms with Gasteiger partial charge in [-0.1, -0.05) is 25.6 Å². The fourth-order valence-corrected chi connectivity index (χ4v) is 5.52. The number of rotatable bonds is 10. The number of fused-ring (bicyclic) bond motifs is 1. The smallest absolute Gasteiger partial charge is 0.254 e. The number of carbonyl (C=O) groups excluding carboxylic acids is 2. The molecule has 4 rings (SSSR count). The Morgan fingerprint density at radius 1 is 1.07 bits per heavy atom. The predicted octanol–water partition coefficient (Wildman–Crippen LogP) is 4.45. The lowest BCUT2D eigenvalue weighted by Crippen LogP contribution is -2.32. The minimum atomic E-state index is -0.0161. The van der Waals surface area contributed by atoms with E-state index in [2.05, 4.69) is 22.9 Å². The topological polar surface area (TPSA) is 70.2 Å². The average molecular weight is 448 g/mol. The van der Waals surface area contributed by atoms with Crippen molar-refractivity contribution in [3.8, 4) is 0 Å². The Balaban J connectivity index is 1.45. The fourth-order valence-electron chi connectivity index (χ4n) is 4.05. The number of anilines is 1. The van der Waals surface area contributed by atoms with Gasteiger partial charge in [-0.25, -0.2) is 0 Å². The summed E-state index contributed by atoms with van der Waals surface area (Å²) in [6, 6.07) is 0. The lowest BCUT2D eigenvalue weighted by molar-refractivity contribution is -0.117. The lowest BCUT2D eigenvalue weighted by atomic mass is 9.86. The van der Waals surface area contributed by atoms with Crippen molar-refractivity contribution >= 4 is 45.4 Å². The van der Waals surface area contributed by atoms with Crippen molar-refractivity contribution in [1.29, 1.82) is 0 Å². The summed E-state index contributed by atoms with van der Waals surface area (Å²) < 4.78 is 0. The quantitative estimate of drug-likeness (QED) is 0.464. The van der Waals surface area contributed by atoms with Gasteiger partial charge in [0.2, 0.25) is 5.91 Å². The van der Waals surface area contributed by atoms with E-state index in [1.54, 1.807) is 11.3 Å². The van der Waals surface area contributed by atoms with Crippen molar-refractivity contribution in [2.45, 2.75) is 71.1 Å². The first kappa shape index (κ1) is 21.8. The molecule has 7 heteroatoms. The summed E-state index contributed by atoms with van der Waals surface area (Å²) in [5, 5.41) is 10.4. The molecule has 1 unspecified atom stereocenters. The van der Waals surface area contributed by atoms with E-state index in [1.807, 2.05) is 0 Å². The minimum absolute atomic E-state index is 0.0161. The van der Waals surface area contributed by atoms with Crippen LogP contribution < -0.4 is 16.0 Å². The van der Waals surface area contributed by atoms with Gasteiger partial charge < -0.3 is 16.0 Å². The summed E-state index contributed by atoms with van der Waals surface area (Å²) in [5.74, 6) is 1.29. The van der Waals surface area contributed by atoms with Crippen molar-refractivity contribution in [1.82, 2.24) is 10.6 Å². The van der Waals surface area contributed by atoms with Gasteiger partial charge in [-0.05, 0) is 75.2 Å². The van der Waals surface area contributed by atoms with E-state index >= 15 is 0 Å².